The Morgan fingerprint density at radius 3 is 2.50 bits per heavy atom. The largest absolute Gasteiger partial charge is 0.434 e. The fourth-order valence-corrected chi connectivity index (χ4v) is 5.21. The molecule has 0 aliphatic carbocycles. The Hall–Kier alpha value is -1.96. The summed E-state index contributed by atoms with van der Waals surface area (Å²) < 4.78 is 89.4. The smallest absolute Gasteiger partial charge is 0.427 e. The Labute approximate surface area is 182 Å². The van der Waals surface area contributed by atoms with Crippen LogP contribution in [0, 0.1) is 12.7 Å². The van der Waals surface area contributed by atoms with Crippen molar-refractivity contribution in [3.63, 3.8) is 0 Å². The minimum absolute atomic E-state index is 0.0120. The molecule has 1 atom stereocenters. The average Bonchev–Trinajstić information content (AvgIpc) is 2.73. The molecule has 0 aromatic heterocycles. The first-order valence-corrected chi connectivity index (χ1v) is 11.4. The van der Waals surface area contributed by atoms with E-state index < -0.39 is 46.4 Å². The van der Waals surface area contributed by atoms with Gasteiger partial charge in [-0.3, -0.25) is 0 Å². The van der Waals surface area contributed by atoms with Crippen LogP contribution in [0.4, 0.5) is 22.4 Å². The number of carbonyl (C=O) groups is 1. The lowest BCUT2D eigenvalue weighted by Gasteiger charge is -2.46. The molecular formula is C19H24F4N2O6S. The van der Waals surface area contributed by atoms with E-state index in [0.29, 0.717) is 5.56 Å². The van der Waals surface area contributed by atoms with E-state index in [1.54, 1.807) is 0 Å². The maximum Gasteiger partial charge on any atom is 0.427 e. The van der Waals surface area contributed by atoms with Gasteiger partial charge in [0.2, 0.25) is 16.1 Å². The summed E-state index contributed by atoms with van der Waals surface area (Å²) in [7, 11) is -3.99. The number of ether oxygens (including phenoxy) is 2. The molecule has 3 rings (SSSR count). The monoisotopic (exact) mass is 484 g/mol. The zero-order valence-corrected chi connectivity index (χ0v) is 18.1. The third-order valence-corrected chi connectivity index (χ3v) is 7.54. The summed E-state index contributed by atoms with van der Waals surface area (Å²) in [5.41, 5.74) is -0.609. The van der Waals surface area contributed by atoms with Crippen LogP contribution in [-0.4, -0.2) is 86.1 Å². The summed E-state index contributed by atoms with van der Waals surface area (Å²) in [6.45, 7) is 0.224. The second-order valence-corrected chi connectivity index (χ2v) is 9.80. The van der Waals surface area contributed by atoms with Crippen molar-refractivity contribution in [1.29, 1.82) is 0 Å². The Bertz CT molecular complexity index is 948. The lowest BCUT2D eigenvalue weighted by atomic mass is 9.90. The molecule has 2 saturated heterocycles. The SMILES string of the molecule is Cc1ccc(S(=O)(=O)N2CCOC3(CCN(C(=O)O[C@H](CO)C(F)(F)F)CC3)C2)cc1F. The van der Waals surface area contributed by atoms with Gasteiger partial charge in [0.1, 0.15) is 5.82 Å². The van der Waals surface area contributed by atoms with E-state index in [9.17, 15) is 30.8 Å². The van der Waals surface area contributed by atoms with Crippen LogP contribution in [0.5, 0.6) is 0 Å². The van der Waals surface area contributed by atoms with Gasteiger partial charge < -0.3 is 19.5 Å². The number of aliphatic hydroxyl groups is 1. The predicted molar refractivity (Wildman–Crippen MR) is 103 cm³/mol. The van der Waals surface area contributed by atoms with Crippen LogP contribution >= 0.6 is 0 Å². The zero-order chi connectivity index (χ0) is 23.7. The number of morpholine rings is 1. The average molecular weight is 484 g/mol. The molecule has 2 aliphatic heterocycles. The van der Waals surface area contributed by atoms with Crippen LogP contribution in [0.25, 0.3) is 0 Å². The fourth-order valence-electron chi connectivity index (χ4n) is 3.70. The Morgan fingerprint density at radius 2 is 1.94 bits per heavy atom. The molecule has 32 heavy (non-hydrogen) atoms. The molecule has 13 heteroatoms. The molecule has 2 fully saturated rings. The van der Waals surface area contributed by atoms with Crippen LogP contribution in [0.3, 0.4) is 0 Å². The number of nitrogens with zero attached hydrogens (tertiary/aromatic N) is 2. The second kappa shape index (κ2) is 9.12. The molecule has 0 unspecified atom stereocenters. The van der Waals surface area contributed by atoms with E-state index >= 15 is 0 Å². The van der Waals surface area contributed by atoms with Gasteiger partial charge >= 0.3 is 12.3 Å². The first-order valence-electron chi connectivity index (χ1n) is 9.91. The van der Waals surface area contributed by atoms with Crippen LogP contribution in [0.2, 0.25) is 0 Å². The van der Waals surface area contributed by atoms with E-state index in [1.807, 2.05) is 0 Å². The van der Waals surface area contributed by atoms with Gasteiger partial charge in [0.25, 0.3) is 0 Å². The van der Waals surface area contributed by atoms with E-state index in [2.05, 4.69) is 4.74 Å². The topological polar surface area (TPSA) is 96.4 Å². The standard InChI is InChI=1S/C19H24F4N2O6S/c1-13-2-3-14(10-15(13)20)32(28,29)25-8-9-30-18(12-25)4-6-24(7-5-18)17(27)31-16(11-26)19(21,22)23/h2-3,10,16,26H,4-9,11-12H2,1H3/t16-/m1/s1. The van der Waals surface area contributed by atoms with Crippen LogP contribution < -0.4 is 0 Å². The van der Waals surface area contributed by atoms with Crippen molar-refractivity contribution >= 4 is 16.1 Å². The number of piperidine rings is 1. The van der Waals surface area contributed by atoms with Crippen molar-refractivity contribution in [3.05, 3.63) is 29.6 Å². The van der Waals surface area contributed by atoms with E-state index in [1.165, 1.54) is 23.4 Å². The van der Waals surface area contributed by atoms with Gasteiger partial charge in [-0.05, 0) is 37.5 Å². The molecule has 8 nitrogen and oxygen atoms in total. The van der Waals surface area contributed by atoms with Gasteiger partial charge in [-0.2, -0.15) is 17.5 Å². The first kappa shape index (κ1) is 24.7. The summed E-state index contributed by atoms with van der Waals surface area (Å²) >= 11 is 0. The molecule has 0 bridgehead atoms. The Morgan fingerprint density at radius 1 is 1.28 bits per heavy atom. The summed E-state index contributed by atoms with van der Waals surface area (Å²) in [6.07, 6.45) is -8.38. The van der Waals surface area contributed by atoms with Gasteiger partial charge in [0.05, 0.1) is 23.7 Å². The maximum atomic E-state index is 13.9. The van der Waals surface area contributed by atoms with E-state index in [0.717, 1.165) is 11.0 Å². The van der Waals surface area contributed by atoms with Crippen molar-refractivity contribution in [3.8, 4) is 0 Å². The van der Waals surface area contributed by atoms with Gasteiger partial charge in [-0.1, -0.05) is 6.07 Å². The van der Waals surface area contributed by atoms with E-state index in [-0.39, 0.29) is 50.5 Å². The predicted octanol–water partition coefficient (Wildman–Crippen LogP) is 2.05. The van der Waals surface area contributed by atoms with Gasteiger partial charge in [0, 0.05) is 26.2 Å². The van der Waals surface area contributed by atoms with Crippen molar-refractivity contribution < 1.29 is 45.4 Å². The van der Waals surface area contributed by atoms with Gasteiger partial charge in [0.15, 0.2) is 0 Å². The molecule has 1 aromatic rings. The number of amides is 1. The number of carbonyl (C=O) groups excluding carboxylic acids is 1. The minimum atomic E-state index is -4.89. The molecule has 1 amide bonds. The molecule has 1 spiro atoms. The number of rotatable bonds is 4. The van der Waals surface area contributed by atoms with Crippen molar-refractivity contribution in [1.82, 2.24) is 9.21 Å². The highest BCUT2D eigenvalue weighted by molar-refractivity contribution is 7.89. The molecule has 1 aromatic carbocycles. The lowest BCUT2D eigenvalue weighted by molar-refractivity contribution is -0.215. The number of alkyl halides is 3. The number of benzene rings is 1. The highest BCUT2D eigenvalue weighted by atomic mass is 32.2. The third kappa shape index (κ3) is 5.16. The van der Waals surface area contributed by atoms with Crippen LogP contribution in [-0.2, 0) is 19.5 Å². The fraction of sp³-hybridized carbons (Fsp3) is 0.632. The number of halogens is 4. The van der Waals surface area contributed by atoms with Crippen molar-refractivity contribution in [2.24, 2.45) is 0 Å². The van der Waals surface area contributed by atoms with Gasteiger partial charge in [-0.15, -0.1) is 0 Å². The van der Waals surface area contributed by atoms with Gasteiger partial charge in [-0.25, -0.2) is 17.6 Å². The molecule has 1 N–H and O–H groups in total. The highest BCUT2D eigenvalue weighted by Gasteiger charge is 2.46. The molecule has 0 radical (unpaired) electrons. The minimum Gasteiger partial charge on any atom is -0.434 e. The number of hydrogen-bond acceptors (Lipinski definition) is 6. The zero-order valence-electron chi connectivity index (χ0n) is 17.3. The Balaban J connectivity index is 1.65. The molecule has 2 aliphatic rings. The molecule has 2 heterocycles. The summed E-state index contributed by atoms with van der Waals surface area (Å²) in [5, 5.41) is 8.82. The normalized spacial score (nSPS) is 20.9. The lowest BCUT2D eigenvalue weighted by Crippen LogP contribution is -2.58. The number of likely N-dealkylation sites (tertiary alicyclic amines) is 1. The highest BCUT2D eigenvalue weighted by Crippen LogP contribution is 2.33. The number of sulfonamides is 1. The molecule has 180 valence electrons. The van der Waals surface area contributed by atoms with E-state index in [4.69, 9.17) is 9.84 Å². The first-order chi connectivity index (χ1) is 14.9. The summed E-state index contributed by atoms with van der Waals surface area (Å²) in [6, 6.07) is 3.67. The quantitative estimate of drug-likeness (QED) is 0.658. The van der Waals surface area contributed by atoms with Crippen molar-refractivity contribution in [2.75, 3.05) is 39.4 Å². The molecule has 0 saturated carbocycles. The van der Waals surface area contributed by atoms with Crippen molar-refractivity contribution in [2.45, 2.75) is 42.5 Å². The van der Waals surface area contributed by atoms with Crippen LogP contribution in [0.1, 0.15) is 18.4 Å². The summed E-state index contributed by atoms with van der Waals surface area (Å²) in [5.74, 6) is -0.638. The van der Waals surface area contributed by atoms with Crippen LogP contribution in [0.15, 0.2) is 23.1 Å². The third-order valence-electron chi connectivity index (χ3n) is 5.70. The maximum absolute atomic E-state index is 13.9. The second-order valence-electron chi connectivity index (χ2n) is 7.86. The Kier molecular flexibility index (Phi) is 7.03. The summed E-state index contributed by atoms with van der Waals surface area (Å²) in [4.78, 5) is 12.9. The number of aryl methyl sites for hydroxylation is 1. The number of hydrogen-bond donors (Lipinski definition) is 1. The number of aliphatic hydroxyl groups excluding tert-OH is 1. The molecular weight excluding hydrogens is 460 g/mol.